The summed E-state index contributed by atoms with van der Waals surface area (Å²) in [7, 11) is 0. The molecular formula is C10H10BrCl. The Bertz CT molecular complexity index is 251. The highest BCUT2D eigenvalue weighted by Crippen LogP contribution is 2.08. The van der Waals surface area contributed by atoms with Crippen LogP contribution in [0.5, 0.6) is 0 Å². The van der Waals surface area contributed by atoms with Crippen molar-refractivity contribution < 1.29 is 0 Å². The highest BCUT2D eigenvalue weighted by molar-refractivity contribution is 9.09. The van der Waals surface area contributed by atoms with Gasteiger partial charge in [0.1, 0.15) is 0 Å². The van der Waals surface area contributed by atoms with Gasteiger partial charge in [-0.25, -0.2) is 0 Å². The average Bonchev–Trinajstić information content (AvgIpc) is 2.15. The van der Waals surface area contributed by atoms with E-state index < -0.39 is 0 Å². The van der Waals surface area contributed by atoms with E-state index in [4.69, 9.17) is 11.6 Å². The molecule has 0 fully saturated rings. The first kappa shape index (κ1) is 9.82. The summed E-state index contributed by atoms with van der Waals surface area (Å²) in [4.78, 5) is 0. The van der Waals surface area contributed by atoms with E-state index in [-0.39, 0.29) is 0 Å². The van der Waals surface area contributed by atoms with Crippen molar-refractivity contribution in [1.82, 2.24) is 0 Å². The van der Waals surface area contributed by atoms with E-state index in [1.54, 1.807) is 0 Å². The fraction of sp³-hybridized carbons (Fsp3) is 0.200. The summed E-state index contributed by atoms with van der Waals surface area (Å²) < 4.78 is 0. The van der Waals surface area contributed by atoms with Gasteiger partial charge in [0.15, 0.2) is 0 Å². The van der Waals surface area contributed by atoms with Gasteiger partial charge in [0.05, 0.1) is 0 Å². The second kappa shape index (κ2) is 5.39. The molecule has 64 valence electrons. The van der Waals surface area contributed by atoms with E-state index in [0.717, 1.165) is 10.9 Å². The molecule has 0 aliphatic heterocycles. The van der Waals surface area contributed by atoms with Crippen LogP contribution >= 0.6 is 27.5 Å². The van der Waals surface area contributed by atoms with Gasteiger partial charge in [-0.3, -0.25) is 0 Å². The van der Waals surface area contributed by atoms with Crippen LogP contribution in [0, 0.1) is 0 Å². The number of hydrogen-bond donors (Lipinski definition) is 0. The highest BCUT2D eigenvalue weighted by Gasteiger charge is 1.88. The summed E-state index contributed by atoms with van der Waals surface area (Å²) in [5, 5.41) is 0.893. The summed E-state index contributed by atoms with van der Waals surface area (Å²) in [6.45, 7) is 0. The zero-order chi connectivity index (χ0) is 8.81. The van der Waals surface area contributed by atoms with Gasteiger partial charge < -0.3 is 0 Å². The summed E-state index contributed by atoms with van der Waals surface area (Å²) in [6.07, 6.45) is 4.14. The SMILES string of the molecule is ClCc1ccc(C=CCBr)cc1. The Morgan fingerprint density at radius 1 is 1.25 bits per heavy atom. The lowest BCUT2D eigenvalue weighted by atomic mass is 10.1. The molecule has 0 atom stereocenters. The number of allylic oxidation sites excluding steroid dienone is 1. The Labute approximate surface area is 86.4 Å². The fourth-order valence-electron chi connectivity index (χ4n) is 0.898. The lowest BCUT2D eigenvalue weighted by molar-refractivity contribution is 1.40. The van der Waals surface area contributed by atoms with Crippen LogP contribution in [0.4, 0.5) is 0 Å². The van der Waals surface area contributed by atoms with E-state index in [1.807, 2.05) is 12.1 Å². The topological polar surface area (TPSA) is 0 Å². The van der Waals surface area contributed by atoms with Crippen molar-refractivity contribution in [3.8, 4) is 0 Å². The minimum absolute atomic E-state index is 0.586. The zero-order valence-electron chi connectivity index (χ0n) is 6.63. The second-order valence-electron chi connectivity index (χ2n) is 2.43. The van der Waals surface area contributed by atoms with Gasteiger partial charge in [0, 0.05) is 11.2 Å². The van der Waals surface area contributed by atoms with Crippen LogP contribution in [0.1, 0.15) is 11.1 Å². The number of rotatable bonds is 3. The molecule has 0 N–H and O–H groups in total. The normalized spacial score (nSPS) is 10.8. The Morgan fingerprint density at radius 2 is 1.92 bits per heavy atom. The molecule has 0 heterocycles. The smallest absolute Gasteiger partial charge is 0.0474 e. The molecule has 1 rings (SSSR count). The molecule has 1 aromatic carbocycles. The van der Waals surface area contributed by atoms with Crippen LogP contribution in [0.25, 0.3) is 6.08 Å². The molecular weight excluding hydrogens is 235 g/mol. The van der Waals surface area contributed by atoms with Gasteiger partial charge in [-0.2, -0.15) is 0 Å². The molecule has 12 heavy (non-hydrogen) atoms. The van der Waals surface area contributed by atoms with Crippen molar-refractivity contribution in [1.29, 1.82) is 0 Å². The van der Waals surface area contributed by atoms with Crippen molar-refractivity contribution in [2.45, 2.75) is 5.88 Å². The molecule has 1 aromatic rings. The number of alkyl halides is 2. The molecule has 2 heteroatoms. The van der Waals surface area contributed by atoms with Crippen molar-refractivity contribution in [3.05, 3.63) is 41.5 Å². The third-order valence-electron chi connectivity index (χ3n) is 1.53. The maximum atomic E-state index is 5.66. The Kier molecular flexibility index (Phi) is 4.41. The van der Waals surface area contributed by atoms with E-state index in [0.29, 0.717) is 5.88 Å². The highest BCUT2D eigenvalue weighted by atomic mass is 79.9. The molecule has 0 saturated carbocycles. The minimum Gasteiger partial charge on any atom is -0.122 e. The quantitative estimate of drug-likeness (QED) is 0.710. The molecule has 0 radical (unpaired) electrons. The molecule has 0 aromatic heterocycles. The van der Waals surface area contributed by atoms with E-state index in [9.17, 15) is 0 Å². The molecule has 0 amide bonds. The Hall–Kier alpha value is -0.270. The largest absolute Gasteiger partial charge is 0.122 e. The third-order valence-corrected chi connectivity index (χ3v) is 2.22. The van der Waals surface area contributed by atoms with E-state index >= 15 is 0 Å². The first-order valence-electron chi connectivity index (χ1n) is 3.74. The number of benzene rings is 1. The first-order chi connectivity index (χ1) is 5.86. The molecule has 0 bridgehead atoms. The van der Waals surface area contributed by atoms with Crippen LogP contribution in [0.3, 0.4) is 0 Å². The fourth-order valence-corrected chi connectivity index (χ4v) is 1.26. The molecule has 0 unspecified atom stereocenters. The molecule has 0 nitrogen and oxygen atoms in total. The van der Waals surface area contributed by atoms with E-state index in [2.05, 4.69) is 40.2 Å². The van der Waals surface area contributed by atoms with Crippen molar-refractivity contribution in [2.24, 2.45) is 0 Å². The predicted molar refractivity (Wildman–Crippen MR) is 58.8 cm³/mol. The van der Waals surface area contributed by atoms with Crippen molar-refractivity contribution in [2.75, 3.05) is 5.33 Å². The number of hydrogen-bond acceptors (Lipinski definition) is 0. The van der Waals surface area contributed by atoms with Crippen LogP contribution in [-0.4, -0.2) is 5.33 Å². The summed E-state index contributed by atoms with van der Waals surface area (Å²) in [6, 6.07) is 8.22. The summed E-state index contributed by atoms with van der Waals surface area (Å²) in [5.74, 6) is 0.586. The Morgan fingerprint density at radius 3 is 2.42 bits per heavy atom. The van der Waals surface area contributed by atoms with Crippen LogP contribution in [0.2, 0.25) is 0 Å². The van der Waals surface area contributed by atoms with E-state index in [1.165, 1.54) is 5.56 Å². The first-order valence-corrected chi connectivity index (χ1v) is 5.40. The van der Waals surface area contributed by atoms with Crippen molar-refractivity contribution in [3.63, 3.8) is 0 Å². The average molecular weight is 246 g/mol. The van der Waals surface area contributed by atoms with Crippen molar-refractivity contribution >= 4 is 33.6 Å². The van der Waals surface area contributed by atoms with Gasteiger partial charge in [-0.1, -0.05) is 52.3 Å². The van der Waals surface area contributed by atoms with Gasteiger partial charge in [-0.05, 0) is 11.1 Å². The van der Waals surface area contributed by atoms with Gasteiger partial charge in [-0.15, -0.1) is 11.6 Å². The maximum Gasteiger partial charge on any atom is 0.0474 e. The second-order valence-corrected chi connectivity index (χ2v) is 3.35. The van der Waals surface area contributed by atoms with Gasteiger partial charge in [0.2, 0.25) is 0 Å². The molecule has 0 aliphatic carbocycles. The Balaban J connectivity index is 2.71. The molecule has 0 saturated heterocycles. The third kappa shape index (κ3) is 3.00. The number of halogens is 2. The predicted octanol–water partition coefficient (Wildman–Crippen LogP) is 3.83. The maximum absolute atomic E-state index is 5.66. The molecule has 0 aliphatic rings. The monoisotopic (exact) mass is 244 g/mol. The van der Waals surface area contributed by atoms with Crippen LogP contribution in [0.15, 0.2) is 30.3 Å². The summed E-state index contributed by atoms with van der Waals surface area (Å²) >= 11 is 8.99. The zero-order valence-corrected chi connectivity index (χ0v) is 8.98. The minimum atomic E-state index is 0.586. The van der Waals surface area contributed by atoms with Gasteiger partial charge in [0.25, 0.3) is 0 Å². The lowest BCUT2D eigenvalue weighted by Crippen LogP contribution is -1.77. The van der Waals surface area contributed by atoms with Gasteiger partial charge >= 0.3 is 0 Å². The van der Waals surface area contributed by atoms with Crippen LogP contribution in [-0.2, 0) is 5.88 Å². The molecule has 0 spiro atoms. The lowest BCUT2D eigenvalue weighted by Gasteiger charge is -1.95. The standard InChI is InChI=1S/C10H10BrCl/c11-7-1-2-9-3-5-10(8-12)6-4-9/h1-6H,7-8H2. The summed E-state index contributed by atoms with van der Waals surface area (Å²) in [5.41, 5.74) is 2.37. The van der Waals surface area contributed by atoms with Crippen LogP contribution < -0.4 is 0 Å².